The molecule has 0 bridgehead atoms. The summed E-state index contributed by atoms with van der Waals surface area (Å²) in [5.74, 6) is 1.02. The normalized spacial score (nSPS) is 14.5. The lowest BCUT2D eigenvalue weighted by Gasteiger charge is -2.30. The number of benzene rings is 7. The fraction of sp³-hybridized carbons (Fsp3) is 0.530. The molecule has 142 heavy (non-hydrogen) atoms. The van der Waals surface area contributed by atoms with E-state index in [1.807, 2.05) is 130 Å². The molecule has 3 aromatic heterocycles. The van der Waals surface area contributed by atoms with E-state index in [1.165, 1.54) is 11.1 Å². The number of aromatic nitrogens is 9. The van der Waals surface area contributed by atoms with Crippen molar-refractivity contribution < 1.29 is 47.7 Å². The van der Waals surface area contributed by atoms with Crippen LogP contribution in [0.1, 0.15) is 327 Å². The maximum absolute atomic E-state index is 13.8. The number of nitrogens with zero attached hydrogens (tertiary/aromatic N) is 10. The van der Waals surface area contributed by atoms with E-state index in [1.54, 1.807) is 12.1 Å². The number of aryl methyl sites for hydroxylation is 3. The zero-order valence-corrected chi connectivity index (χ0v) is 88.1. The van der Waals surface area contributed by atoms with Crippen molar-refractivity contribution in [3.05, 3.63) is 237 Å². The van der Waals surface area contributed by atoms with Gasteiger partial charge >= 0.3 is 0 Å². The van der Waals surface area contributed by atoms with Crippen LogP contribution in [0.15, 0.2) is 170 Å². The average Bonchev–Trinajstić information content (AvgIpc) is 1.57. The first kappa shape index (κ1) is 111. The number of carbonyl (C=O) groups is 6. The minimum absolute atomic E-state index is 0.00793. The summed E-state index contributed by atoms with van der Waals surface area (Å²) in [4.78, 5) is 79.6. The molecular weight excluding hydrogens is 1780 g/mol. The molecule has 27 heteroatoms. The molecule has 4 heterocycles. The third-order valence-corrected chi connectivity index (χ3v) is 28.9. The van der Waals surface area contributed by atoms with Crippen LogP contribution in [0, 0.1) is 21.7 Å². The van der Waals surface area contributed by atoms with E-state index in [0.29, 0.717) is 101 Å². The fourth-order valence-corrected chi connectivity index (χ4v) is 17.1. The minimum Gasteiger partial charge on any atom is -0.494 e. The molecule has 6 amide bonds. The van der Waals surface area contributed by atoms with Crippen molar-refractivity contribution in [3.8, 4) is 39.7 Å². The van der Waals surface area contributed by atoms with E-state index in [0.717, 1.165) is 214 Å². The summed E-state index contributed by atoms with van der Waals surface area (Å²) < 4.78 is 29.8. The van der Waals surface area contributed by atoms with Crippen LogP contribution in [-0.2, 0) is 82.3 Å². The lowest BCUT2D eigenvalue weighted by Crippen LogP contribution is -2.40. The van der Waals surface area contributed by atoms with E-state index >= 15 is 0 Å². The van der Waals surface area contributed by atoms with Gasteiger partial charge in [0.15, 0.2) is 0 Å². The van der Waals surface area contributed by atoms with E-state index in [2.05, 4.69) is 240 Å². The molecule has 2 atom stereocenters. The van der Waals surface area contributed by atoms with Gasteiger partial charge in [-0.25, -0.2) is 14.0 Å². The molecule has 27 nitrogen and oxygen atoms in total. The number of hydrogen-bond acceptors (Lipinski definition) is 18. The van der Waals surface area contributed by atoms with Crippen LogP contribution < -0.4 is 51.6 Å². The van der Waals surface area contributed by atoms with E-state index < -0.39 is 0 Å². The Kier molecular flexibility index (Phi) is 41.3. The highest BCUT2D eigenvalue weighted by atomic mass is 16.5. The molecule has 0 fully saturated rings. The molecule has 766 valence electrons. The lowest BCUT2D eigenvalue weighted by molar-refractivity contribution is -0.129. The van der Waals surface area contributed by atoms with E-state index in [4.69, 9.17) is 18.9 Å². The van der Waals surface area contributed by atoms with Crippen molar-refractivity contribution in [2.75, 3.05) is 65.1 Å². The van der Waals surface area contributed by atoms with Gasteiger partial charge in [0.05, 0.1) is 48.2 Å². The predicted molar refractivity (Wildman–Crippen MR) is 565 cm³/mol. The molecule has 1 aliphatic heterocycles. The van der Waals surface area contributed by atoms with Crippen LogP contribution in [0.3, 0.4) is 0 Å². The summed E-state index contributed by atoms with van der Waals surface area (Å²) in [6.45, 7) is 40.8. The largest absolute Gasteiger partial charge is 0.494 e. The average molecular weight is 1940 g/mol. The highest BCUT2D eigenvalue weighted by Gasteiger charge is 2.34. The van der Waals surface area contributed by atoms with Gasteiger partial charge in [-0.05, 0) is 260 Å². The molecule has 2 unspecified atom stereocenters. The maximum atomic E-state index is 13.8. The van der Waals surface area contributed by atoms with Crippen LogP contribution >= 0.6 is 0 Å². The summed E-state index contributed by atoms with van der Waals surface area (Å²) in [5, 5.41) is 48.8. The number of anilines is 1. The second-order valence-corrected chi connectivity index (χ2v) is 42.8. The first-order chi connectivity index (χ1) is 68.0. The Labute approximate surface area is 844 Å². The van der Waals surface area contributed by atoms with E-state index in [9.17, 15) is 28.8 Å². The maximum Gasteiger partial charge on any atom is 0.251 e. The van der Waals surface area contributed by atoms with Gasteiger partial charge < -0.3 is 61.1 Å². The second-order valence-electron chi connectivity index (χ2n) is 42.8. The Bertz CT molecular complexity index is 5660. The molecule has 0 radical (unpaired) electrons. The molecule has 7 aromatic carbocycles. The SMILES string of the molecule is CCC(C)(C)CCC(=O)N1Cc2ccccc2-c2c(nnn2-c2ccc(C(=O)NCCC(C)(C)NC)cc2)-c2ccccc21.CCC(C)(C)CCOc1ccc(C(=O)NCCCn2nnc3c2CCCCCC3OCC(=O)NCc2ccc(CC(C)(C)CC)cc2)cc1.CCC(C)(C)Cc1ccc(CNC(=O)COC2CCCCCc3nnn(CCCNC(=O)c4ccc(OCCC(C)(C)NC)cc4)c32)cc1. The van der Waals surface area contributed by atoms with Crippen molar-refractivity contribution in [2.24, 2.45) is 21.7 Å². The van der Waals surface area contributed by atoms with Crippen LogP contribution in [0.5, 0.6) is 11.5 Å². The molecule has 0 saturated carbocycles. The Morgan fingerprint density at radius 1 is 0.430 bits per heavy atom. The summed E-state index contributed by atoms with van der Waals surface area (Å²) in [7, 11) is 3.87. The van der Waals surface area contributed by atoms with Crippen molar-refractivity contribution in [1.82, 2.24) is 82.2 Å². The van der Waals surface area contributed by atoms with Gasteiger partial charge in [0.2, 0.25) is 17.7 Å². The van der Waals surface area contributed by atoms with E-state index in [-0.39, 0.29) is 93.6 Å². The number of rotatable bonds is 46. The van der Waals surface area contributed by atoms with Crippen molar-refractivity contribution in [1.29, 1.82) is 0 Å². The highest BCUT2D eigenvalue weighted by molar-refractivity contribution is 6.01. The highest BCUT2D eigenvalue weighted by Crippen LogP contribution is 2.44. The number of hydrogen-bond donors (Lipinski definition) is 7. The third kappa shape index (κ3) is 33.7. The Balaban J connectivity index is 0.000000204. The van der Waals surface area contributed by atoms with Crippen LogP contribution in [0.25, 0.3) is 28.2 Å². The minimum atomic E-state index is -0.263. The van der Waals surface area contributed by atoms with Gasteiger partial charge in [0, 0.05) is 91.1 Å². The Hall–Kier alpha value is -11.8. The van der Waals surface area contributed by atoms with Gasteiger partial charge in [0.1, 0.15) is 54.0 Å². The smallest absolute Gasteiger partial charge is 0.251 e. The number of carbonyl (C=O) groups excluding carboxylic acids is 6. The summed E-state index contributed by atoms with van der Waals surface area (Å²) >= 11 is 0. The summed E-state index contributed by atoms with van der Waals surface area (Å²) in [6.07, 6.45) is 21.0. The number of para-hydroxylation sites is 1. The third-order valence-electron chi connectivity index (χ3n) is 28.9. The predicted octanol–water partition coefficient (Wildman–Crippen LogP) is 20.9. The fourth-order valence-electron chi connectivity index (χ4n) is 17.1. The molecular formula is C115H161N17O10. The molecule has 0 spiro atoms. The summed E-state index contributed by atoms with van der Waals surface area (Å²) in [5.41, 5.74) is 17.3. The van der Waals surface area contributed by atoms with Gasteiger partial charge in [-0.3, -0.25) is 28.8 Å². The number of amides is 6. The van der Waals surface area contributed by atoms with Crippen molar-refractivity contribution >= 4 is 41.1 Å². The monoisotopic (exact) mass is 1940 g/mol. The topological polar surface area (TPSA) is 319 Å². The van der Waals surface area contributed by atoms with Gasteiger partial charge in [-0.15, -0.1) is 15.3 Å². The zero-order chi connectivity index (χ0) is 102. The molecule has 13 rings (SSSR count). The molecule has 10 aromatic rings. The van der Waals surface area contributed by atoms with Gasteiger partial charge in [-0.1, -0.05) is 241 Å². The number of ether oxygens (including phenoxy) is 4. The first-order valence-electron chi connectivity index (χ1n) is 52.0. The van der Waals surface area contributed by atoms with Gasteiger partial charge in [0.25, 0.3) is 17.7 Å². The number of nitrogens with one attached hydrogen (secondary N) is 7. The summed E-state index contributed by atoms with van der Waals surface area (Å²) in [6, 6.07) is 55.2. The Morgan fingerprint density at radius 3 is 1.44 bits per heavy atom. The molecule has 7 N–H and O–H groups in total. The van der Waals surface area contributed by atoms with Crippen molar-refractivity contribution in [2.45, 2.75) is 314 Å². The quantitative estimate of drug-likeness (QED) is 0.0174. The molecule has 0 saturated heterocycles. The Morgan fingerprint density at radius 2 is 0.894 bits per heavy atom. The second kappa shape index (κ2) is 53.0. The van der Waals surface area contributed by atoms with Crippen LogP contribution in [0.4, 0.5) is 5.69 Å². The van der Waals surface area contributed by atoms with Crippen LogP contribution in [-0.4, -0.2) is 152 Å². The first-order valence-corrected chi connectivity index (χ1v) is 52.0. The molecule has 3 aliphatic rings. The van der Waals surface area contributed by atoms with Crippen molar-refractivity contribution in [3.63, 3.8) is 0 Å². The van der Waals surface area contributed by atoms with Crippen LogP contribution in [0.2, 0.25) is 0 Å². The number of fused-ring (bicyclic) bond motifs is 7. The zero-order valence-electron chi connectivity index (χ0n) is 88.1. The standard InChI is InChI=1S/C40H59N5O4.C39H58N6O4.C36H44N6O2/c1-7-39(3,4)23-26-48-33-21-19-32(20-22-33)38(47)41-24-12-25-45-34-13-10-9-11-14-35(37(34)43-44-45)49-29-36(46)42-28-31-17-15-30(16-18-31)27-40(5,6)8-2;1-7-38(2,3)26-29-14-16-30(17-15-29)27-42-35(46)28-49-34-13-10-8-9-12-33-36(34)45(44-43-33)24-11-23-41-37(47)31-18-20-32(21-19-31)48-25-22-39(4,5)40-6;1-7-35(2,3)21-20-31(43)41-24-26-12-8-9-13-28(26)33-32(29-14-10-11-15-30(29)41)39-40-42(33)27-18-16-25(17-19-27)34(44)38-23-22-36(4,5)37-6/h15-22,35H,7-14,23-29H2,1-6H3,(H,41,47)(H,42,46);14-21,34,40H,7-13,22-28H2,1-6H3,(H,41,47)(H,42,46);8-19,37H,7,20-24H2,1-6H3,(H,38,44). The molecule has 2 aliphatic carbocycles. The van der Waals surface area contributed by atoms with Gasteiger partial charge in [-0.2, -0.15) is 0 Å². The lowest BCUT2D eigenvalue weighted by atomic mass is 9.83.